The number of halogens is 1. The van der Waals surface area contributed by atoms with E-state index in [-0.39, 0.29) is 5.56 Å². The summed E-state index contributed by atoms with van der Waals surface area (Å²) in [5, 5.41) is 11.2. The Morgan fingerprint density at radius 1 is 1.11 bits per heavy atom. The molecule has 3 aromatic rings. The fraction of sp³-hybridized carbons (Fsp3) is 0.125. The molecule has 1 N–H and O–H groups in total. The number of para-hydroxylation sites is 1. The molecule has 96 valence electrons. The number of rotatable bonds is 2. The van der Waals surface area contributed by atoms with Gasteiger partial charge in [0, 0.05) is 10.9 Å². The molecule has 0 aliphatic heterocycles. The molecule has 0 aliphatic carbocycles. The minimum atomic E-state index is -1.09. The van der Waals surface area contributed by atoms with Crippen LogP contribution in [0.3, 0.4) is 0 Å². The van der Waals surface area contributed by atoms with Crippen LogP contribution >= 0.6 is 0 Å². The molecule has 2 nitrogen and oxygen atoms in total. The molecule has 0 radical (unpaired) electrons. The standard InChI is InChI=1S/C16H13FO2/c1-10-5-4-7-12(15(10)17)16(18)14-9-11-6-2-3-8-13(11)19-14/h2-9,16,18H,1H3. The maximum absolute atomic E-state index is 14.0. The molecule has 1 heterocycles. The number of hydrogen-bond donors (Lipinski definition) is 1. The number of aliphatic hydroxyl groups is 1. The maximum atomic E-state index is 14.0. The zero-order chi connectivity index (χ0) is 13.4. The van der Waals surface area contributed by atoms with Crippen molar-refractivity contribution in [3.63, 3.8) is 0 Å². The lowest BCUT2D eigenvalue weighted by Gasteiger charge is -2.10. The first-order valence-corrected chi connectivity index (χ1v) is 6.08. The van der Waals surface area contributed by atoms with Gasteiger partial charge in [-0.3, -0.25) is 0 Å². The predicted molar refractivity (Wildman–Crippen MR) is 71.4 cm³/mol. The van der Waals surface area contributed by atoms with Crippen molar-refractivity contribution in [2.24, 2.45) is 0 Å². The Labute approximate surface area is 110 Å². The van der Waals surface area contributed by atoms with Crippen LogP contribution in [0.4, 0.5) is 4.39 Å². The third-order valence-corrected chi connectivity index (χ3v) is 3.23. The molecular weight excluding hydrogens is 243 g/mol. The van der Waals surface area contributed by atoms with Gasteiger partial charge in [-0.05, 0) is 24.6 Å². The van der Waals surface area contributed by atoms with Gasteiger partial charge in [-0.15, -0.1) is 0 Å². The first kappa shape index (κ1) is 11.9. The van der Waals surface area contributed by atoms with Gasteiger partial charge in [-0.25, -0.2) is 4.39 Å². The zero-order valence-corrected chi connectivity index (χ0v) is 10.4. The fourth-order valence-electron chi connectivity index (χ4n) is 2.17. The molecule has 19 heavy (non-hydrogen) atoms. The summed E-state index contributed by atoms with van der Waals surface area (Å²) in [6.07, 6.45) is -1.09. The summed E-state index contributed by atoms with van der Waals surface area (Å²) >= 11 is 0. The zero-order valence-electron chi connectivity index (χ0n) is 10.4. The van der Waals surface area contributed by atoms with Crippen LogP contribution in [0.25, 0.3) is 11.0 Å². The Hall–Kier alpha value is -2.13. The summed E-state index contributed by atoms with van der Waals surface area (Å²) in [4.78, 5) is 0. The topological polar surface area (TPSA) is 33.4 Å². The maximum Gasteiger partial charge on any atom is 0.139 e. The largest absolute Gasteiger partial charge is 0.458 e. The van der Waals surface area contributed by atoms with Crippen molar-refractivity contribution < 1.29 is 13.9 Å². The molecular formula is C16H13FO2. The van der Waals surface area contributed by atoms with Crippen LogP contribution in [0.2, 0.25) is 0 Å². The first-order valence-electron chi connectivity index (χ1n) is 6.08. The second kappa shape index (κ2) is 4.52. The molecule has 0 bridgehead atoms. The van der Waals surface area contributed by atoms with Gasteiger partial charge in [0.15, 0.2) is 0 Å². The Bertz CT molecular complexity index is 697. The van der Waals surface area contributed by atoms with E-state index in [4.69, 9.17) is 4.42 Å². The molecule has 3 rings (SSSR count). The number of benzene rings is 2. The number of hydrogen-bond acceptors (Lipinski definition) is 2. The van der Waals surface area contributed by atoms with E-state index in [1.54, 1.807) is 31.2 Å². The molecule has 3 heteroatoms. The molecule has 2 aromatic carbocycles. The number of aliphatic hydroxyl groups excluding tert-OH is 1. The smallest absolute Gasteiger partial charge is 0.139 e. The lowest BCUT2D eigenvalue weighted by atomic mass is 10.0. The van der Waals surface area contributed by atoms with E-state index in [1.165, 1.54) is 0 Å². The van der Waals surface area contributed by atoms with Crippen molar-refractivity contribution in [3.05, 3.63) is 71.2 Å². The molecule has 0 aliphatic rings. The van der Waals surface area contributed by atoms with E-state index >= 15 is 0 Å². The highest BCUT2D eigenvalue weighted by atomic mass is 19.1. The average molecular weight is 256 g/mol. The van der Waals surface area contributed by atoms with Crippen molar-refractivity contribution in [1.82, 2.24) is 0 Å². The second-order valence-electron chi connectivity index (χ2n) is 4.57. The first-order chi connectivity index (χ1) is 9.16. The molecule has 0 saturated carbocycles. The van der Waals surface area contributed by atoms with Gasteiger partial charge in [0.1, 0.15) is 23.3 Å². The molecule has 0 fully saturated rings. The molecule has 0 spiro atoms. The van der Waals surface area contributed by atoms with Crippen molar-refractivity contribution in [1.29, 1.82) is 0 Å². The fourth-order valence-corrected chi connectivity index (χ4v) is 2.17. The van der Waals surface area contributed by atoms with Crippen molar-refractivity contribution in [3.8, 4) is 0 Å². The SMILES string of the molecule is Cc1cccc(C(O)c2cc3ccccc3o2)c1F. The van der Waals surface area contributed by atoms with Gasteiger partial charge in [-0.1, -0.05) is 36.4 Å². The average Bonchev–Trinajstić information content (AvgIpc) is 2.85. The van der Waals surface area contributed by atoms with Gasteiger partial charge in [-0.2, -0.15) is 0 Å². The molecule has 0 amide bonds. The highest BCUT2D eigenvalue weighted by Crippen LogP contribution is 2.30. The van der Waals surface area contributed by atoms with E-state index < -0.39 is 11.9 Å². The molecule has 1 unspecified atom stereocenters. The second-order valence-corrected chi connectivity index (χ2v) is 4.57. The highest BCUT2D eigenvalue weighted by molar-refractivity contribution is 5.77. The van der Waals surface area contributed by atoms with Gasteiger partial charge in [0.25, 0.3) is 0 Å². The van der Waals surface area contributed by atoms with E-state index in [0.29, 0.717) is 16.9 Å². The quantitative estimate of drug-likeness (QED) is 0.752. The van der Waals surface area contributed by atoms with E-state index in [2.05, 4.69) is 0 Å². The summed E-state index contributed by atoms with van der Waals surface area (Å²) in [6.45, 7) is 1.67. The number of furan rings is 1. The number of aryl methyl sites for hydroxylation is 1. The highest BCUT2D eigenvalue weighted by Gasteiger charge is 2.19. The minimum Gasteiger partial charge on any atom is -0.458 e. The summed E-state index contributed by atoms with van der Waals surface area (Å²) in [5.41, 5.74) is 1.43. The normalized spacial score (nSPS) is 12.8. The van der Waals surface area contributed by atoms with Crippen LogP contribution in [0.1, 0.15) is 23.0 Å². The van der Waals surface area contributed by atoms with E-state index in [1.807, 2.05) is 24.3 Å². The summed E-state index contributed by atoms with van der Waals surface area (Å²) in [5.74, 6) is -0.0406. The van der Waals surface area contributed by atoms with Crippen LogP contribution in [0.15, 0.2) is 52.9 Å². The van der Waals surface area contributed by atoms with Crippen LogP contribution in [0, 0.1) is 12.7 Å². The van der Waals surface area contributed by atoms with Crippen molar-refractivity contribution in [2.75, 3.05) is 0 Å². The van der Waals surface area contributed by atoms with Gasteiger partial charge in [0.2, 0.25) is 0 Å². The minimum absolute atomic E-state index is 0.235. The van der Waals surface area contributed by atoms with E-state index in [0.717, 1.165) is 5.39 Å². The third-order valence-electron chi connectivity index (χ3n) is 3.23. The molecule has 0 saturated heterocycles. The lowest BCUT2D eigenvalue weighted by Crippen LogP contribution is -2.02. The third kappa shape index (κ3) is 2.02. The van der Waals surface area contributed by atoms with E-state index in [9.17, 15) is 9.50 Å². The van der Waals surface area contributed by atoms with Crippen molar-refractivity contribution >= 4 is 11.0 Å². The monoisotopic (exact) mass is 256 g/mol. The predicted octanol–water partition coefficient (Wildman–Crippen LogP) is 3.96. The van der Waals surface area contributed by atoms with Crippen LogP contribution in [-0.2, 0) is 0 Å². The Balaban J connectivity index is 2.08. The summed E-state index contributed by atoms with van der Waals surface area (Å²) < 4.78 is 19.6. The molecule has 1 aromatic heterocycles. The van der Waals surface area contributed by atoms with Crippen LogP contribution in [0.5, 0.6) is 0 Å². The lowest BCUT2D eigenvalue weighted by molar-refractivity contribution is 0.187. The molecule has 1 atom stereocenters. The Kier molecular flexibility index (Phi) is 2.84. The van der Waals surface area contributed by atoms with Crippen molar-refractivity contribution in [2.45, 2.75) is 13.0 Å². The van der Waals surface area contributed by atoms with Gasteiger partial charge in [0.05, 0.1) is 0 Å². The Morgan fingerprint density at radius 2 is 1.89 bits per heavy atom. The van der Waals surface area contributed by atoms with Gasteiger partial charge >= 0.3 is 0 Å². The van der Waals surface area contributed by atoms with Gasteiger partial charge < -0.3 is 9.52 Å². The van der Waals surface area contributed by atoms with Crippen LogP contribution < -0.4 is 0 Å². The van der Waals surface area contributed by atoms with Crippen LogP contribution in [-0.4, -0.2) is 5.11 Å². The summed E-state index contributed by atoms with van der Waals surface area (Å²) in [6, 6.07) is 14.2. The number of fused-ring (bicyclic) bond motifs is 1. The summed E-state index contributed by atoms with van der Waals surface area (Å²) in [7, 11) is 0. The Morgan fingerprint density at radius 3 is 2.68 bits per heavy atom.